The molecule has 1 aliphatic heterocycles. The first-order valence-electron chi connectivity index (χ1n) is 7.53. The Morgan fingerprint density at radius 2 is 2.14 bits per heavy atom. The molecule has 1 saturated heterocycles. The van der Waals surface area contributed by atoms with Gasteiger partial charge in [0.1, 0.15) is 0 Å². The van der Waals surface area contributed by atoms with Gasteiger partial charge in [0.25, 0.3) is 5.91 Å². The fraction of sp³-hybridized carbons (Fsp3) is 0.562. The van der Waals surface area contributed by atoms with Crippen molar-refractivity contribution in [1.29, 1.82) is 0 Å². The predicted octanol–water partition coefficient (Wildman–Crippen LogP) is 1.71. The highest BCUT2D eigenvalue weighted by molar-refractivity contribution is 5.96. The van der Waals surface area contributed by atoms with Crippen molar-refractivity contribution in [3.8, 4) is 0 Å². The molecule has 1 fully saturated rings. The molecule has 116 valence electrons. The molecule has 0 bridgehead atoms. The zero-order valence-electron chi connectivity index (χ0n) is 12.9. The zero-order valence-corrected chi connectivity index (χ0v) is 12.9. The zero-order chi connectivity index (χ0) is 15.4. The molecular weight excluding hydrogens is 266 g/mol. The van der Waals surface area contributed by atoms with Gasteiger partial charge >= 0.3 is 0 Å². The molecule has 1 aliphatic rings. The van der Waals surface area contributed by atoms with E-state index in [-0.39, 0.29) is 18.6 Å². The molecule has 0 aromatic heterocycles. The molecule has 1 unspecified atom stereocenters. The molecule has 5 nitrogen and oxygen atoms in total. The van der Waals surface area contributed by atoms with Crippen molar-refractivity contribution >= 4 is 17.3 Å². The number of nitrogens with two attached hydrogens (primary N) is 1. The molecule has 2 rings (SSSR count). The largest absolute Gasteiger partial charge is 0.397 e. The van der Waals surface area contributed by atoms with Gasteiger partial charge in [-0.25, -0.2) is 0 Å². The molecule has 5 heteroatoms. The first-order valence-corrected chi connectivity index (χ1v) is 7.53. The van der Waals surface area contributed by atoms with E-state index in [1.807, 2.05) is 6.07 Å². The van der Waals surface area contributed by atoms with E-state index in [0.29, 0.717) is 11.3 Å². The van der Waals surface area contributed by atoms with Gasteiger partial charge in [-0.15, -0.1) is 0 Å². The van der Waals surface area contributed by atoms with Gasteiger partial charge in [0, 0.05) is 26.2 Å². The number of hydrogen-bond donors (Lipinski definition) is 2. The van der Waals surface area contributed by atoms with Crippen molar-refractivity contribution in [2.24, 2.45) is 0 Å². The van der Waals surface area contributed by atoms with Crippen molar-refractivity contribution < 1.29 is 9.90 Å². The van der Waals surface area contributed by atoms with Crippen LogP contribution in [0.15, 0.2) is 18.2 Å². The van der Waals surface area contributed by atoms with E-state index in [1.165, 1.54) is 6.42 Å². The molecule has 1 atom stereocenters. The highest BCUT2D eigenvalue weighted by Crippen LogP contribution is 2.30. The third-order valence-electron chi connectivity index (χ3n) is 4.08. The highest BCUT2D eigenvalue weighted by atomic mass is 16.3. The van der Waals surface area contributed by atoms with Crippen LogP contribution in [0.3, 0.4) is 0 Å². The van der Waals surface area contributed by atoms with E-state index in [2.05, 4.69) is 4.90 Å². The predicted molar refractivity (Wildman–Crippen MR) is 85.6 cm³/mol. The normalized spacial score (nSPS) is 19.2. The Bertz CT molecular complexity index is 502. The van der Waals surface area contributed by atoms with Crippen molar-refractivity contribution in [3.05, 3.63) is 23.8 Å². The van der Waals surface area contributed by atoms with Crippen LogP contribution in [0.4, 0.5) is 11.4 Å². The SMILES string of the molecule is CN(C)C(=O)c1ccc(N)c(N2CCCCCC2CO)c1. The summed E-state index contributed by atoms with van der Waals surface area (Å²) >= 11 is 0. The number of amides is 1. The summed E-state index contributed by atoms with van der Waals surface area (Å²) in [6.07, 6.45) is 4.34. The van der Waals surface area contributed by atoms with Gasteiger partial charge < -0.3 is 20.6 Å². The number of aliphatic hydroxyl groups is 1. The Hall–Kier alpha value is -1.75. The van der Waals surface area contributed by atoms with Crippen LogP contribution in [0.5, 0.6) is 0 Å². The average molecular weight is 291 g/mol. The topological polar surface area (TPSA) is 69.8 Å². The number of anilines is 2. The lowest BCUT2D eigenvalue weighted by molar-refractivity contribution is 0.0827. The number of benzene rings is 1. The molecule has 3 N–H and O–H groups in total. The Labute approximate surface area is 126 Å². The second kappa shape index (κ2) is 6.80. The Kier molecular flexibility index (Phi) is 5.07. The van der Waals surface area contributed by atoms with Gasteiger partial charge in [-0.05, 0) is 31.0 Å². The first kappa shape index (κ1) is 15.6. The molecule has 21 heavy (non-hydrogen) atoms. The Morgan fingerprint density at radius 3 is 2.81 bits per heavy atom. The smallest absolute Gasteiger partial charge is 0.253 e. The van der Waals surface area contributed by atoms with Crippen LogP contribution >= 0.6 is 0 Å². The molecular formula is C16H25N3O2. The second-order valence-corrected chi connectivity index (χ2v) is 5.85. The standard InChI is InChI=1S/C16H25N3O2/c1-18(2)16(21)12-7-8-14(17)15(10-12)19-9-5-3-4-6-13(19)11-20/h7-8,10,13,20H,3-6,9,11,17H2,1-2H3. The molecule has 0 spiro atoms. The minimum absolute atomic E-state index is 0.0355. The summed E-state index contributed by atoms with van der Waals surface area (Å²) in [7, 11) is 3.47. The molecule has 1 amide bonds. The summed E-state index contributed by atoms with van der Waals surface area (Å²) in [4.78, 5) is 15.8. The van der Waals surface area contributed by atoms with Crippen molar-refractivity contribution in [3.63, 3.8) is 0 Å². The van der Waals surface area contributed by atoms with Gasteiger partial charge in [-0.3, -0.25) is 4.79 Å². The number of carbonyl (C=O) groups excluding carboxylic acids is 1. The molecule has 1 aromatic carbocycles. The van der Waals surface area contributed by atoms with Crippen LogP contribution < -0.4 is 10.6 Å². The quantitative estimate of drug-likeness (QED) is 0.832. The molecule has 0 saturated carbocycles. The number of nitrogens with zero attached hydrogens (tertiary/aromatic N) is 2. The van der Waals surface area contributed by atoms with Crippen LogP contribution in [0.25, 0.3) is 0 Å². The summed E-state index contributed by atoms with van der Waals surface area (Å²) in [5, 5.41) is 9.65. The molecule has 1 aromatic rings. The molecule has 0 aliphatic carbocycles. The number of carbonyl (C=O) groups is 1. The molecule has 1 heterocycles. The monoisotopic (exact) mass is 291 g/mol. The Morgan fingerprint density at radius 1 is 1.38 bits per heavy atom. The van der Waals surface area contributed by atoms with Gasteiger partial charge in [0.2, 0.25) is 0 Å². The second-order valence-electron chi connectivity index (χ2n) is 5.85. The van der Waals surface area contributed by atoms with Gasteiger partial charge in [0.15, 0.2) is 0 Å². The number of nitrogen functional groups attached to an aromatic ring is 1. The van der Waals surface area contributed by atoms with Crippen molar-refractivity contribution in [2.75, 3.05) is 37.9 Å². The lowest BCUT2D eigenvalue weighted by Gasteiger charge is -2.32. The van der Waals surface area contributed by atoms with Crippen LogP contribution in [0.2, 0.25) is 0 Å². The van der Waals surface area contributed by atoms with Crippen LogP contribution in [-0.2, 0) is 0 Å². The van der Waals surface area contributed by atoms with E-state index in [0.717, 1.165) is 31.5 Å². The third-order valence-corrected chi connectivity index (χ3v) is 4.08. The number of hydrogen-bond acceptors (Lipinski definition) is 4. The lowest BCUT2D eigenvalue weighted by atomic mass is 10.1. The number of aliphatic hydroxyl groups excluding tert-OH is 1. The van der Waals surface area contributed by atoms with Gasteiger partial charge in [-0.2, -0.15) is 0 Å². The lowest BCUT2D eigenvalue weighted by Crippen LogP contribution is -2.38. The third kappa shape index (κ3) is 3.47. The summed E-state index contributed by atoms with van der Waals surface area (Å²) in [6, 6.07) is 5.48. The molecule has 0 radical (unpaired) electrons. The van der Waals surface area contributed by atoms with Crippen LogP contribution in [0, 0.1) is 0 Å². The van der Waals surface area contributed by atoms with E-state index in [4.69, 9.17) is 5.73 Å². The average Bonchev–Trinajstić information content (AvgIpc) is 2.72. The minimum Gasteiger partial charge on any atom is -0.397 e. The summed E-state index contributed by atoms with van der Waals surface area (Å²) < 4.78 is 0. The fourth-order valence-corrected chi connectivity index (χ4v) is 2.87. The first-order chi connectivity index (χ1) is 10.0. The summed E-state index contributed by atoms with van der Waals surface area (Å²) in [5.41, 5.74) is 8.27. The minimum atomic E-state index is -0.0355. The van der Waals surface area contributed by atoms with Crippen molar-refractivity contribution in [2.45, 2.75) is 31.7 Å². The maximum atomic E-state index is 12.1. The maximum absolute atomic E-state index is 12.1. The van der Waals surface area contributed by atoms with E-state index < -0.39 is 0 Å². The van der Waals surface area contributed by atoms with Crippen molar-refractivity contribution in [1.82, 2.24) is 4.90 Å². The highest BCUT2D eigenvalue weighted by Gasteiger charge is 2.23. The van der Waals surface area contributed by atoms with Gasteiger partial charge in [-0.1, -0.05) is 12.8 Å². The van der Waals surface area contributed by atoms with E-state index in [9.17, 15) is 9.90 Å². The van der Waals surface area contributed by atoms with Crippen LogP contribution in [-0.4, -0.2) is 49.2 Å². The van der Waals surface area contributed by atoms with Gasteiger partial charge in [0.05, 0.1) is 24.0 Å². The van der Waals surface area contributed by atoms with E-state index in [1.54, 1.807) is 31.1 Å². The summed E-state index contributed by atoms with van der Waals surface area (Å²) in [6.45, 7) is 0.986. The summed E-state index contributed by atoms with van der Waals surface area (Å²) in [5.74, 6) is -0.0355. The fourth-order valence-electron chi connectivity index (χ4n) is 2.87. The maximum Gasteiger partial charge on any atom is 0.253 e. The van der Waals surface area contributed by atoms with Crippen LogP contribution in [0.1, 0.15) is 36.0 Å². The van der Waals surface area contributed by atoms with E-state index >= 15 is 0 Å². The Balaban J connectivity index is 2.36. The number of rotatable bonds is 3.